The highest BCUT2D eigenvalue weighted by Crippen LogP contribution is 2.12. The zero-order chi connectivity index (χ0) is 21.5. The molecular formula is C22H44O5. The van der Waals surface area contributed by atoms with E-state index in [4.69, 9.17) is 4.74 Å². The van der Waals surface area contributed by atoms with Crippen molar-refractivity contribution in [2.45, 2.75) is 99.8 Å². The summed E-state index contributed by atoms with van der Waals surface area (Å²) in [7, 11) is 0. The van der Waals surface area contributed by atoms with Gasteiger partial charge < -0.3 is 14.3 Å². The van der Waals surface area contributed by atoms with Gasteiger partial charge in [-0.05, 0) is 45.4 Å². The number of carbonyl (C=O) groups is 3. The molecule has 0 atom stereocenters. The van der Waals surface area contributed by atoms with Crippen LogP contribution in [0.25, 0.3) is 0 Å². The maximum absolute atomic E-state index is 10.5. The predicted molar refractivity (Wildman–Crippen MR) is 112 cm³/mol. The van der Waals surface area contributed by atoms with E-state index in [1.807, 2.05) is 13.8 Å². The third kappa shape index (κ3) is 40.7. The molecule has 0 aromatic heterocycles. The molecule has 27 heavy (non-hydrogen) atoms. The summed E-state index contributed by atoms with van der Waals surface area (Å²) in [6.45, 7) is 15.5. The van der Waals surface area contributed by atoms with Crippen LogP contribution < -0.4 is 0 Å². The highest BCUT2D eigenvalue weighted by Gasteiger charge is 2.06. The molecule has 5 nitrogen and oxygen atoms in total. The first-order chi connectivity index (χ1) is 12.7. The average Bonchev–Trinajstić information content (AvgIpc) is 2.56. The molecule has 0 spiro atoms. The van der Waals surface area contributed by atoms with Crippen LogP contribution >= 0.6 is 0 Å². The molecule has 0 amide bonds. The maximum Gasteiger partial charge on any atom is 0.302 e. The van der Waals surface area contributed by atoms with Gasteiger partial charge in [0, 0.05) is 39.4 Å². The number of hydrogen-bond acceptors (Lipinski definition) is 5. The lowest BCUT2D eigenvalue weighted by molar-refractivity contribution is -0.140. The van der Waals surface area contributed by atoms with Gasteiger partial charge in [0.2, 0.25) is 0 Å². The molecule has 0 aromatic carbocycles. The fourth-order valence-corrected chi connectivity index (χ4v) is 2.12. The lowest BCUT2D eigenvalue weighted by atomic mass is 10.00. The summed E-state index contributed by atoms with van der Waals surface area (Å²) in [5.41, 5.74) is 0. The molecule has 0 aliphatic heterocycles. The Balaban J connectivity index is -0.000000285. The smallest absolute Gasteiger partial charge is 0.302 e. The molecule has 1 rings (SSSR count). The number of hydrogen-bond donors (Lipinski definition) is 0. The van der Waals surface area contributed by atoms with E-state index in [1.165, 1.54) is 13.3 Å². The van der Waals surface area contributed by atoms with Crippen LogP contribution in [0.4, 0.5) is 0 Å². The monoisotopic (exact) mass is 388 g/mol. The summed E-state index contributed by atoms with van der Waals surface area (Å²) < 4.78 is 9.53. The van der Waals surface area contributed by atoms with Crippen molar-refractivity contribution in [1.82, 2.24) is 0 Å². The van der Waals surface area contributed by atoms with Crippen LogP contribution in [0, 0.1) is 5.92 Å². The predicted octanol–water partition coefficient (Wildman–Crippen LogP) is 5.53. The fourth-order valence-electron chi connectivity index (χ4n) is 2.12. The summed E-state index contributed by atoms with van der Waals surface area (Å²) in [4.78, 5) is 30.5. The van der Waals surface area contributed by atoms with Crippen molar-refractivity contribution in [3.63, 3.8) is 0 Å². The molecule has 0 saturated heterocycles. The molecule has 0 heterocycles. The van der Waals surface area contributed by atoms with E-state index in [-0.39, 0.29) is 11.8 Å². The Hall–Kier alpha value is -1.23. The van der Waals surface area contributed by atoms with E-state index in [1.54, 1.807) is 13.8 Å². The van der Waals surface area contributed by atoms with Crippen LogP contribution in [0.1, 0.15) is 99.8 Å². The van der Waals surface area contributed by atoms with Gasteiger partial charge in [0.25, 0.3) is 0 Å². The van der Waals surface area contributed by atoms with Crippen LogP contribution in [0.15, 0.2) is 0 Å². The quantitative estimate of drug-likeness (QED) is 0.423. The van der Waals surface area contributed by atoms with Gasteiger partial charge in [-0.2, -0.15) is 0 Å². The van der Waals surface area contributed by atoms with Crippen LogP contribution in [-0.2, 0) is 23.9 Å². The first kappa shape index (κ1) is 30.5. The van der Waals surface area contributed by atoms with E-state index in [0.717, 1.165) is 58.2 Å². The molecule has 0 aromatic rings. The van der Waals surface area contributed by atoms with E-state index >= 15 is 0 Å². The maximum atomic E-state index is 10.5. The van der Waals surface area contributed by atoms with Crippen molar-refractivity contribution in [2.24, 2.45) is 5.92 Å². The SMILES string of the molecule is CC(=O)CC(C)C.CCCOCCC.CCOC(C)=O.O=C1CCCCC1. The summed E-state index contributed by atoms with van der Waals surface area (Å²) in [6.07, 6.45) is 8.24. The molecular weight excluding hydrogens is 344 g/mol. The first-order valence-corrected chi connectivity index (χ1v) is 10.4. The number of ketones is 2. The second kappa shape index (κ2) is 24.8. The van der Waals surface area contributed by atoms with Crippen LogP contribution in [0.2, 0.25) is 0 Å². The van der Waals surface area contributed by atoms with Crippen molar-refractivity contribution in [3.8, 4) is 0 Å². The molecule has 0 radical (unpaired) electrons. The molecule has 162 valence electrons. The Labute approximate surface area is 167 Å². The summed E-state index contributed by atoms with van der Waals surface area (Å²) in [5.74, 6) is 1.07. The minimum atomic E-state index is -0.211. The molecule has 1 saturated carbocycles. The van der Waals surface area contributed by atoms with Gasteiger partial charge in [0.15, 0.2) is 0 Å². The standard InChI is InChI=1S/C6H10O.C6H12O.C6H14O.C4H8O2/c7-6-4-2-1-3-5-6;1-5(2)4-6(3)7;1-3-5-7-6-4-2;1-3-6-4(2)5/h1-5H2;5H,4H2,1-3H3;3-6H2,1-2H3;3H2,1-2H3. The van der Waals surface area contributed by atoms with E-state index < -0.39 is 0 Å². The van der Waals surface area contributed by atoms with E-state index in [9.17, 15) is 14.4 Å². The molecule has 0 N–H and O–H groups in total. The van der Waals surface area contributed by atoms with Gasteiger partial charge >= 0.3 is 5.97 Å². The zero-order valence-electron chi connectivity index (χ0n) is 18.9. The summed E-state index contributed by atoms with van der Waals surface area (Å²) >= 11 is 0. The molecule has 1 aliphatic rings. The lowest BCUT2D eigenvalue weighted by Gasteiger charge is -2.05. The largest absolute Gasteiger partial charge is 0.466 e. The van der Waals surface area contributed by atoms with Gasteiger partial charge in [-0.1, -0.05) is 34.1 Å². The van der Waals surface area contributed by atoms with E-state index in [2.05, 4.69) is 18.6 Å². The molecule has 1 fully saturated rings. The third-order valence-electron chi connectivity index (χ3n) is 3.15. The van der Waals surface area contributed by atoms with E-state index in [0.29, 0.717) is 18.3 Å². The fraction of sp³-hybridized carbons (Fsp3) is 0.864. The minimum Gasteiger partial charge on any atom is -0.466 e. The third-order valence-corrected chi connectivity index (χ3v) is 3.15. The van der Waals surface area contributed by atoms with Crippen LogP contribution in [0.5, 0.6) is 0 Å². The van der Waals surface area contributed by atoms with Gasteiger partial charge in [-0.3, -0.25) is 9.59 Å². The summed E-state index contributed by atoms with van der Waals surface area (Å²) in [6, 6.07) is 0. The summed E-state index contributed by atoms with van der Waals surface area (Å²) in [5, 5.41) is 0. The molecule has 1 aliphatic carbocycles. The highest BCUT2D eigenvalue weighted by molar-refractivity contribution is 5.78. The highest BCUT2D eigenvalue weighted by atomic mass is 16.5. The zero-order valence-corrected chi connectivity index (χ0v) is 18.9. The number of rotatable bonds is 7. The number of esters is 1. The molecule has 5 heteroatoms. The average molecular weight is 389 g/mol. The lowest BCUT2D eigenvalue weighted by Crippen LogP contribution is -2.02. The molecule has 0 bridgehead atoms. The Morgan fingerprint density at radius 1 is 0.926 bits per heavy atom. The van der Waals surface area contributed by atoms with Crippen molar-refractivity contribution < 1.29 is 23.9 Å². The number of carbonyl (C=O) groups excluding carboxylic acids is 3. The van der Waals surface area contributed by atoms with Gasteiger partial charge in [-0.25, -0.2) is 0 Å². The Morgan fingerprint density at radius 2 is 1.41 bits per heavy atom. The van der Waals surface area contributed by atoms with Gasteiger partial charge in [0.05, 0.1) is 6.61 Å². The van der Waals surface area contributed by atoms with Crippen molar-refractivity contribution in [1.29, 1.82) is 0 Å². The van der Waals surface area contributed by atoms with Crippen LogP contribution in [-0.4, -0.2) is 37.4 Å². The van der Waals surface area contributed by atoms with Crippen LogP contribution in [0.3, 0.4) is 0 Å². The number of Topliss-reactive ketones (excluding diaryl/α,β-unsaturated/α-hetero) is 2. The Bertz CT molecular complexity index is 339. The van der Waals surface area contributed by atoms with Crippen molar-refractivity contribution >= 4 is 17.5 Å². The van der Waals surface area contributed by atoms with Gasteiger partial charge in [0.1, 0.15) is 11.6 Å². The Morgan fingerprint density at radius 3 is 1.56 bits per heavy atom. The van der Waals surface area contributed by atoms with Gasteiger partial charge in [-0.15, -0.1) is 0 Å². The van der Waals surface area contributed by atoms with Crippen molar-refractivity contribution in [2.75, 3.05) is 19.8 Å². The normalized spacial score (nSPS) is 12.5. The first-order valence-electron chi connectivity index (χ1n) is 10.4. The number of ether oxygens (including phenoxy) is 2. The minimum absolute atomic E-state index is 0.211. The topological polar surface area (TPSA) is 69.7 Å². The van der Waals surface area contributed by atoms with Crippen molar-refractivity contribution in [3.05, 3.63) is 0 Å². The second-order valence-corrected chi connectivity index (χ2v) is 6.94. The second-order valence-electron chi connectivity index (χ2n) is 6.94. The Kier molecular flexibility index (Phi) is 28.0. The molecule has 0 unspecified atom stereocenters.